The Kier molecular flexibility index (Phi) is 6.43. The number of non-ortho nitro benzene ring substituents is 1. The van der Waals surface area contributed by atoms with Crippen molar-refractivity contribution in [3.8, 4) is 11.5 Å². The van der Waals surface area contributed by atoms with E-state index in [-0.39, 0.29) is 52.7 Å². The molecule has 14 nitrogen and oxygen atoms in total. The number of nitro benzene ring substituents is 2. The van der Waals surface area contributed by atoms with Crippen LogP contribution in [0.25, 0.3) is 0 Å². The van der Waals surface area contributed by atoms with Gasteiger partial charge in [0.2, 0.25) is 5.91 Å². The molecule has 0 bridgehead atoms. The lowest BCUT2D eigenvalue weighted by Gasteiger charge is -2.19. The van der Waals surface area contributed by atoms with Crippen LogP contribution in [0.1, 0.15) is 27.1 Å². The zero-order valence-electron chi connectivity index (χ0n) is 20.6. The van der Waals surface area contributed by atoms with Crippen molar-refractivity contribution in [2.45, 2.75) is 6.42 Å². The average molecular weight is 546 g/mol. The summed E-state index contributed by atoms with van der Waals surface area (Å²) in [7, 11) is 1.30. The third-order valence-electron chi connectivity index (χ3n) is 6.51. The molecule has 14 heteroatoms. The number of hydrogen-bond acceptors (Lipinski definition) is 10. The van der Waals surface area contributed by atoms with Gasteiger partial charge in [0.05, 0.1) is 45.9 Å². The highest BCUT2D eigenvalue weighted by Crippen LogP contribution is 2.37. The molecular weight excluding hydrogens is 528 g/mol. The fourth-order valence-corrected chi connectivity index (χ4v) is 4.64. The molecular formula is C26H18N4O10. The number of benzene rings is 3. The molecule has 3 aromatic rings. The number of ether oxygens (including phenoxy) is 2. The van der Waals surface area contributed by atoms with Gasteiger partial charge >= 0.3 is 5.97 Å². The van der Waals surface area contributed by atoms with Gasteiger partial charge in [-0.15, -0.1) is 0 Å². The molecule has 2 aliphatic heterocycles. The van der Waals surface area contributed by atoms with Gasteiger partial charge in [-0.3, -0.25) is 39.4 Å². The molecule has 40 heavy (non-hydrogen) atoms. The number of carbonyl (C=O) groups excluding carboxylic acids is 4. The van der Waals surface area contributed by atoms with Gasteiger partial charge in [-0.05, 0) is 24.3 Å². The SMILES string of the molecule is COc1cc([N+](=O)[O-])ccc1N1C[C@H](C(=O)Oc2cccc(N3C(=O)c4cccc([N+](=O)[O-])c4C3=O)c2)CC1=O. The molecule has 0 spiro atoms. The largest absolute Gasteiger partial charge is 0.494 e. The Morgan fingerprint density at radius 2 is 1.70 bits per heavy atom. The fourth-order valence-electron chi connectivity index (χ4n) is 4.64. The van der Waals surface area contributed by atoms with Crippen LogP contribution >= 0.6 is 0 Å². The minimum absolute atomic E-state index is 0.0210. The zero-order chi connectivity index (χ0) is 28.7. The maximum Gasteiger partial charge on any atom is 0.316 e. The molecule has 3 aromatic carbocycles. The van der Waals surface area contributed by atoms with E-state index in [1.54, 1.807) is 0 Å². The molecule has 3 amide bonds. The first-order valence-corrected chi connectivity index (χ1v) is 11.7. The zero-order valence-corrected chi connectivity index (χ0v) is 20.6. The van der Waals surface area contributed by atoms with Crippen LogP contribution in [0.15, 0.2) is 60.7 Å². The Morgan fingerprint density at radius 1 is 0.950 bits per heavy atom. The summed E-state index contributed by atoms with van der Waals surface area (Å²) in [5, 5.41) is 22.4. The first-order valence-electron chi connectivity index (χ1n) is 11.7. The summed E-state index contributed by atoms with van der Waals surface area (Å²) in [6.07, 6.45) is -0.194. The molecule has 0 aliphatic carbocycles. The van der Waals surface area contributed by atoms with Crippen LogP contribution in [-0.4, -0.2) is 47.2 Å². The summed E-state index contributed by atoms with van der Waals surface area (Å²) in [6, 6.07) is 13.0. The van der Waals surface area contributed by atoms with Crippen molar-refractivity contribution in [3.05, 3.63) is 92.0 Å². The first-order chi connectivity index (χ1) is 19.1. The van der Waals surface area contributed by atoms with Crippen LogP contribution in [0.3, 0.4) is 0 Å². The van der Waals surface area contributed by atoms with Crippen LogP contribution in [0.5, 0.6) is 11.5 Å². The second-order valence-corrected chi connectivity index (χ2v) is 8.84. The van der Waals surface area contributed by atoms with E-state index in [2.05, 4.69) is 0 Å². The summed E-state index contributed by atoms with van der Waals surface area (Å²) in [5.41, 5.74) is -0.878. The van der Waals surface area contributed by atoms with Crippen molar-refractivity contribution >= 4 is 46.4 Å². The van der Waals surface area contributed by atoms with Crippen LogP contribution < -0.4 is 19.3 Å². The molecule has 2 aliphatic rings. The maximum atomic E-state index is 13.0. The Balaban J connectivity index is 1.34. The van der Waals surface area contributed by atoms with Crippen molar-refractivity contribution in [2.75, 3.05) is 23.5 Å². The quantitative estimate of drug-likeness (QED) is 0.140. The van der Waals surface area contributed by atoms with E-state index in [1.165, 1.54) is 66.6 Å². The smallest absolute Gasteiger partial charge is 0.316 e. The number of esters is 1. The predicted octanol–water partition coefficient (Wildman–Crippen LogP) is 3.27. The Bertz CT molecular complexity index is 1640. The number of imide groups is 1. The van der Waals surface area contributed by atoms with Crippen LogP contribution in [-0.2, 0) is 9.59 Å². The van der Waals surface area contributed by atoms with E-state index < -0.39 is 45.1 Å². The van der Waals surface area contributed by atoms with Gasteiger partial charge < -0.3 is 14.4 Å². The summed E-state index contributed by atoms with van der Waals surface area (Å²) in [4.78, 5) is 74.7. The molecule has 0 radical (unpaired) electrons. The van der Waals surface area contributed by atoms with Gasteiger partial charge in [-0.25, -0.2) is 4.90 Å². The number of fused-ring (bicyclic) bond motifs is 1. The lowest BCUT2D eigenvalue weighted by Crippen LogP contribution is -2.29. The van der Waals surface area contributed by atoms with Crippen molar-refractivity contribution in [1.82, 2.24) is 0 Å². The third-order valence-corrected chi connectivity index (χ3v) is 6.51. The molecule has 5 rings (SSSR count). The maximum absolute atomic E-state index is 13.0. The van der Waals surface area contributed by atoms with Crippen LogP contribution in [0, 0.1) is 26.1 Å². The molecule has 2 heterocycles. The number of nitro groups is 2. The lowest BCUT2D eigenvalue weighted by atomic mass is 10.1. The highest BCUT2D eigenvalue weighted by Gasteiger charge is 2.42. The van der Waals surface area contributed by atoms with Crippen molar-refractivity contribution < 1.29 is 38.5 Å². The van der Waals surface area contributed by atoms with E-state index in [9.17, 15) is 39.4 Å². The summed E-state index contributed by atoms with van der Waals surface area (Å²) in [6.45, 7) is -0.0758. The number of anilines is 2. The van der Waals surface area contributed by atoms with Crippen molar-refractivity contribution in [1.29, 1.82) is 0 Å². The summed E-state index contributed by atoms with van der Waals surface area (Å²) >= 11 is 0. The van der Waals surface area contributed by atoms with Gasteiger partial charge in [0, 0.05) is 31.2 Å². The Hall–Kier alpha value is -5.66. The number of nitrogens with zero attached hydrogens (tertiary/aromatic N) is 4. The monoisotopic (exact) mass is 546 g/mol. The number of hydrogen-bond donors (Lipinski definition) is 0. The van der Waals surface area contributed by atoms with E-state index in [1.807, 2.05) is 0 Å². The number of carbonyl (C=O) groups is 4. The van der Waals surface area contributed by atoms with Crippen molar-refractivity contribution in [3.63, 3.8) is 0 Å². The minimum Gasteiger partial charge on any atom is -0.494 e. The van der Waals surface area contributed by atoms with Crippen LogP contribution in [0.2, 0.25) is 0 Å². The Morgan fingerprint density at radius 3 is 2.40 bits per heavy atom. The molecule has 0 N–H and O–H groups in total. The predicted molar refractivity (Wildman–Crippen MR) is 136 cm³/mol. The second-order valence-electron chi connectivity index (χ2n) is 8.84. The number of methoxy groups -OCH3 is 1. The molecule has 1 atom stereocenters. The molecule has 1 fully saturated rings. The summed E-state index contributed by atoms with van der Waals surface area (Å²) < 4.78 is 10.7. The molecule has 0 unspecified atom stereocenters. The van der Waals surface area contributed by atoms with Gasteiger partial charge in [-0.2, -0.15) is 0 Å². The molecule has 1 saturated heterocycles. The second kappa shape index (κ2) is 9.90. The van der Waals surface area contributed by atoms with Gasteiger partial charge in [-0.1, -0.05) is 12.1 Å². The average Bonchev–Trinajstić information content (AvgIpc) is 3.45. The number of rotatable bonds is 7. The third kappa shape index (κ3) is 4.36. The van der Waals surface area contributed by atoms with Gasteiger partial charge in [0.25, 0.3) is 23.2 Å². The van der Waals surface area contributed by atoms with E-state index in [0.29, 0.717) is 0 Å². The summed E-state index contributed by atoms with van der Waals surface area (Å²) in [5.74, 6) is -3.65. The van der Waals surface area contributed by atoms with E-state index in [0.717, 1.165) is 11.0 Å². The van der Waals surface area contributed by atoms with Crippen LogP contribution in [0.4, 0.5) is 22.7 Å². The van der Waals surface area contributed by atoms with Gasteiger partial charge in [0.1, 0.15) is 17.1 Å². The number of amides is 3. The fraction of sp³-hybridized carbons (Fsp3) is 0.154. The van der Waals surface area contributed by atoms with E-state index in [4.69, 9.17) is 9.47 Å². The standard InChI is InChI=1S/C26H18N4O10/c1-39-21-12-16(29(35)36)8-9-19(21)27-13-14(10-22(27)31)26(34)40-17-5-2-4-15(11-17)28-24(32)18-6-3-7-20(30(37)38)23(18)25(28)33/h2-9,11-12,14H,10,13H2,1H3/t14-/m1/s1. The molecule has 0 saturated carbocycles. The Labute approximate surface area is 224 Å². The molecule has 202 valence electrons. The lowest BCUT2D eigenvalue weighted by molar-refractivity contribution is -0.385. The highest BCUT2D eigenvalue weighted by atomic mass is 16.6. The van der Waals surface area contributed by atoms with Gasteiger partial charge in [0.15, 0.2) is 0 Å². The topological polar surface area (TPSA) is 180 Å². The highest BCUT2D eigenvalue weighted by molar-refractivity contribution is 6.35. The van der Waals surface area contributed by atoms with E-state index >= 15 is 0 Å². The molecule has 0 aromatic heterocycles. The normalized spacial score (nSPS) is 16.2. The first kappa shape index (κ1) is 26.0. The van der Waals surface area contributed by atoms with Crippen molar-refractivity contribution in [2.24, 2.45) is 5.92 Å². The minimum atomic E-state index is -0.891.